The molecule has 2 fully saturated rings. The molecular formula is C9H16N2O. The van der Waals surface area contributed by atoms with Crippen LogP contribution < -0.4 is 0 Å². The predicted molar refractivity (Wildman–Crippen MR) is 48.3 cm³/mol. The van der Waals surface area contributed by atoms with Crippen LogP contribution in [-0.4, -0.2) is 36.3 Å². The third kappa shape index (κ3) is 1.12. The minimum atomic E-state index is 0.585. The fourth-order valence-electron chi connectivity index (χ4n) is 2.28. The van der Waals surface area contributed by atoms with Crippen molar-refractivity contribution in [2.75, 3.05) is 13.7 Å². The molecule has 2 heterocycles. The molecule has 0 aromatic rings. The topological polar surface area (TPSA) is 24.8 Å². The highest BCUT2D eigenvalue weighted by molar-refractivity contribution is 5.92. The van der Waals surface area contributed by atoms with Crippen molar-refractivity contribution in [2.24, 2.45) is 5.16 Å². The fraction of sp³-hybridized carbons (Fsp3) is 0.889. The summed E-state index contributed by atoms with van der Waals surface area (Å²) in [5.74, 6) is 0. The van der Waals surface area contributed by atoms with Crippen molar-refractivity contribution < 1.29 is 4.84 Å². The third-order valence-corrected chi connectivity index (χ3v) is 2.98. The van der Waals surface area contributed by atoms with Crippen molar-refractivity contribution in [3.8, 4) is 0 Å². The molecule has 12 heavy (non-hydrogen) atoms. The zero-order chi connectivity index (χ0) is 8.55. The van der Waals surface area contributed by atoms with Crippen molar-refractivity contribution in [3.63, 3.8) is 0 Å². The average Bonchev–Trinajstić information content (AvgIpc) is 2.58. The highest BCUT2D eigenvalue weighted by Gasteiger charge is 2.41. The lowest BCUT2D eigenvalue weighted by atomic mass is 9.99. The Kier molecular flexibility index (Phi) is 2.05. The second kappa shape index (κ2) is 3.05. The zero-order valence-electron chi connectivity index (χ0n) is 7.79. The van der Waals surface area contributed by atoms with Gasteiger partial charge in [-0.15, -0.1) is 0 Å². The molecule has 0 aliphatic carbocycles. The summed E-state index contributed by atoms with van der Waals surface area (Å²) >= 11 is 0. The lowest BCUT2D eigenvalue weighted by Crippen LogP contribution is -2.26. The molecule has 2 aliphatic rings. The van der Waals surface area contributed by atoms with E-state index in [1.165, 1.54) is 18.6 Å². The summed E-state index contributed by atoms with van der Waals surface area (Å²) in [4.78, 5) is 7.51. The Morgan fingerprint density at radius 1 is 1.58 bits per heavy atom. The first-order chi connectivity index (χ1) is 5.83. The summed E-state index contributed by atoms with van der Waals surface area (Å²) < 4.78 is 0. The molecule has 68 valence electrons. The molecule has 0 radical (unpaired) electrons. The van der Waals surface area contributed by atoms with E-state index in [1.807, 2.05) is 6.92 Å². The highest BCUT2D eigenvalue weighted by atomic mass is 16.6. The molecule has 0 aromatic carbocycles. The molecular weight excluding hydrogens is 152 g/mol. The van der Waals surface area contributed by atoms with Gasteiger partial charge in [-0.1, -0.05) is 5.16 Å². The number of hydrogen-bond acceptors (Lipinski definition) is 3. The molecule has 2 atom stereocenters. The number of rotatable bonds is 2. The molecule has 2 saturated heterocycles. The van der Waals surface area contributed by atoms with Crippen molar-refractivity contribution in [3.05, 3.63) is 0 Å². The van der Waals surface area contributed by atoms with Gasteiger partial charge in [0.15, 0.2) is 0 Å². The van der Waals surface area contributed by atoms with Crippen LogP contribution in [-0.2, 0) is 4.84 Å². The lowest BCUT2D eigenvalue weighted by Gasteiger charge is -2.12. The molecule has 2 unspecified atom stereocenters. The Balaban J connectivity index is 2.03. The lowest BCUT2D eigenvalue weighted by molar-refractivity contribution is 0.156. The summed E-state index contributed by atoms with van der Waals surface area (Å²) in [6.45, 7) is 2.66. The molecule has 2 aliphatic heterocycles. The van der Waals surface area contributed by atoms with Gasteiger partial charge in [0.05, 0.1) is 11.8 Å². The molecule has 0 aromatic heterocycles. The molecule has 0 spiro atoms. The van der Waals surface area contributed by atoms with E-state index in [2.05, 4.69) is 17.1 Å². The Morgan fingerprint density at radius 2 is 2.42 bits per heavy atom. The van der Waals surface area contributed by atoms with Crippen LogP contribution in [0.4, 0.5) is 0 Å². The fourth-order valence-corrected chi connectivity index (χ4v) is 2.28. The van der Waals surface area contributed by atoms with Crippen molar-refractivity contribution in [2.45, 2.75) is 38.3 Å². The van der Waals surface area contributed by atoms with Gasteiger partial charge < -0.3 is 4.84 Å². The van der Waals surface area contributed by atoms with Crippen LogP contribution in [0.3, 0.4) is 0 Å². The summed E-state index contributed by atoms with van der Waals surface area (Å²) in [6, 6.07) is 1.33. The van der Waals surface area contributed by atoms with Crippen LogP contribution in [0.1, 0.15) is 26.2 Å². The SMILES string of the molecule is CCO/N=C1/CC2CCC1N2C. The standard InChI is InChI=1S/C9H16N2O/c1-3-12-10-8-6-7-4-5-9(8)11(7)2/h7,9H,3-6H2,1-2H3/b10-8-. The van der Waals surface area contributed by atoms with Gasteiger partial charge in [-0.25, -0.2) is 0 Å². The van der Waals surface area contributed by atoms with E-state index < -0.39 is 0 Å². The van der Waals surface area contributed by atoms with Crippen LogP contribution in [0.2, 0.25) is 0 Å². The molecule has 0 N–H and O–H groups in total. The first-order valence-electron chi connectivity index (χ1n) is 4.73. The van der Waals surface area contributed by atoms with Gasteiger partial charge >= 0.3 is 0 Å². The van der Waals surface area contributed by atoms with Gasteiger partial charge in [-0.3, -0.25) is 4.90 Å². The van der Waals surface area contributed by atoms with E-state index in [0.717, 1.165) is 12.5 Å². The van der Waals surface area contributed by atoms with Crippen molar-refractivity contribution >= 4 is 5.71 Å². The largest absolute Gasteiger partial charge is 0.396 e. The van der Waals surface area contributed by atoms with Crippen LogP contribution in [0.5, 0.6) is 0 Å². The van der Waals surface area contributed by atoms with Gasteiger partial charge in [-0.2, -0.15) is 0 Å². The molecule has 2 bridgehead atoms. The maximum absolute atomic E-state index is 5.08. The minimum Gasteiger partial charge on any atom is -0.396 e. The number of oxime groups is 1. The second-order valence-corrected chi connectivity index (χ2v) is 3.62. The van der Waals surface area contributed by atoms with Gasteiger partial charge in [0.2, 0.25) is 0 Å². The second-order valence-electron chi connectivity index (χ2n) is 3.62. The number of fused-ring (bicyclic) bond motifs is 2. The maximum Gasteiger partial charge on any atom is 0.114 e. The van der Waals surface area contributed by atoms with E-state index in [4.69, 9.17) is 4.84 Å². The molecule has 0 amide bonds. The normalized spacial score (nSPS) is 38.0. The van der Waals surface area contributed by atoms with Gasteiger partial charge in [0.1, 0.15) is 6.61 Å². The predicted octanol–water partition coefficient (Wildman–Crippen LogP) is 1.25. The number of nitrogens with zero attached hydrogens (tertiary/aromatic N) is 2. The monoisotopic (exact) mass is 168 g/mol. The van der Waals surface area contributed by atoms with Crippen molar-refractivity contribution in [1.29, 1.82) is 0 Å². The van der Waals surface area contributed by atoms with E-state index in [-0.39, 0.29) is 0 Å². The van der Waals surface area contributed by atoms with E-state index >= 15 is 0 Å². The van der Waals surface area contributed by atoms with Crippen molar-refractivity contribution in [1.82, 2.24) is 4.90 Å². The van der Waals surface area contributed by atoms with Gasteiger partial charge in [0.25, 0.3) is 0 Å². The molecule has 3 nitrogen and oxygen atoms in total. The van der Waals surface area contributed by atoms with E-state index in [1.54, 1.807) is 0 Å². The van der Waals surface area contributed by atoms with Crippen LogP contribution in [0.25, 0.3) is 0 Å². The first-order valence-corrected chi connectivity index (χ1v) is 4.73. The molecule has 3 heteroatoms. The number of hydrogen-bond donors (Lipinski definition) is 0. The summed E-state index contributed by atoms with van der Waals surface area (Å²) in [5, 5.41) is 4.15. The summed E-state index contributed by atoms with van der Waals surface area (Å²) in [7, 11) is 2.19. The third-order valence-electron chi connectivity index (χ3n) is 2.98. The smallest absolute Gasteiger partial charge is 0.114 e. The van der Waals surface area contributed by atoms with Crippen LogP contribution >= 0.6 is 0 Å². The quantitative estimate of drug-likeness (QED) is 0.580. The van der Waals surface area contributed by atoms with Crippen LogP contribution in [0, 0.1) is 0 Å². The zero-order valence-corrected chi connectivity index (χ0v) is 7.79. The highest BCUT2D eigenvalue weighted by Crippen LogP contribution is 2.34. The average molecular weight is 168 g/mol. The Morgan fingerprint density at radius 3 is 2.92 bits per heavy atom. The van der Waals surface area contributed by atoms with E-state index in [0.29, 0.717) is 12.6 Å². The van der Waals surface area contributed by atoms with E-state index in [9.17, 15) is 0 Å². The van der Waals surface area contributed by atoms with Crippen LogP contribution in [0.15, 0.2) is 5.16 Å². The first kappa shape index (κ1) is 8.05. The Bertz CT molecular complexity index is 203. The minimum absolute atomic E-state index is 0.585. The molecule has 0 saturated carbocycles. The van der Waals surface area contributed by atoms with Gasteiger partial charge in [-0.05, 0) is 26.8 Å². The van der Waals surface area contributed by atoms with Gasteiger partial charge in [0, 0.05) is 12.5 Å². The maximum atomic E-state index is 5.08. The Labute approximate surface area is 73.4 Å². The summed E-state index contributed by atoms with van der Waals surface area (Å²) in [5.41, 5.74) is 1.26. The summed E-state index contributed by atoms with van der Waals surface area (Å²) in [6.07, 6.45) is 3.74. The molecule has 2 rings (SSSR count). The Hall–Kier alpha value is -0.570.